The fraction of sp³-hybridized carbons (Fsp3) is 0.0385. The predicted octanol–water partition coefficient (Wildman–Crippen LogP) is 5.34. The maximum absolute atomic E-state index is 13.4. The average Bonchev–Trinajstić information content (AvgIpc) is 3.33. The van der Waals surface area contributed by atoms with Gasteiger partial charge in [0.15, 0.2) is 11.4 Å². The summed E-state index contributed by atoms with van der Waals surface area (Å²) in [7, 11) is 0. The number of benzene rings is 2. The van der Waals surface area contributed by atoms with Gasteiger partial charge in [-0.15, -0.1) is 5.10 Å². The summed E-state index contributed by atoms with van der Waals surface area (Å²) in [5, 5.41) is 5.28. The second-order valence-electron chi connectivity index (χ2n) is 8.10. The Morgan fingerprint density at radius 2 is 1.74 bits per heavy atom. The molecule has 0 spiro atoms. The minimum Gasteiger partial charge on any atom is -0.437 e. The van der Waals surface area contributed by atoms with Crippen LogP contribution >= 0.6 is 15.9 Å². The molecule has 6 aromatic rings. The smallest absolute Gasteiger partial charge is 0.344 e. The van der Waals surface area contributed by atoms with Crippen molar-refractivity contribution in [3.63, 3.8) is 0 Å². The van der Waals surface area contributed by atoms with E-state index in [-0.39, 0.29) is 0 Å². The average molecular weight is 524 g/mol. The summed E-state index contributed by atoms with van der Waals surface area (Å²) in [5.41, 5.74) is 3.06. The highest BCUT2D eigenvalue weighted by molar-refractivity contribution is 9.10. The Kier molecular flexibility index (Phi) is 4.34. The quantitative estimate of drug-likeness (QED) is 0.282. The van der Waals surface area contributed by atoms with Gasteiger partial charge in [-0.05, 0) is 42.0 Å². The van der Waals surface area contributed by atoms with Crippen molar-refractivity contribution >= 4 is 32.5 Å². The van der Waals surface area contributed by atoms with Gasteiger partial charge in [0.25, 0.3) is 0 Å². The van der Waals surface area contributed by atoms with Crippen LogP contribution in [0.15, 0.2) is 92.9 Å². The molecule has 0 aliphatic carbocycles. The van der Waals surface area contributed by atoms with E-state index in [4.69, 9.17) is 14.1 Å². The number of para-hydroxylation sites is 1. The molecule has 2 aromatic carbocycles. The van der Waals surface area contributed by atoms with Crippen molar-refractivity contribution in [1.29, 1.82) is 0 Å². The van der Waals surface area contributed by atoms with Gasteiger partial charge in [0.05, 0.1) is 22.4 Å². The summed E-state index contributed by atoms with van der Waals surface area (Å²) < 4.78 is 14.5. The van der Waals surface area contributed by atoms with Crippen LogP contribution in [0.5, 0.6) is 11.6 Å². The fourth-order valence-electron chi connectivity index (χ4n) is 4.52. The van der Waals surface area contributed by atoms with E-state index in [1.807, 2.05) is 60.7 Å². The van der Waals surface area contributed by atoms with Crippen LogP contribution in [0.1, 0.15) is 22.6 Å². The monoisotopic (exact) mass is 523 g/mol. The highest BCUT2D eigenvalue weighted by atomic mass is 79.9. The van der Waals surface area contributed by atoms with Gasteiger partial charge in [0.1, 0.15) is 17.6 Å². The molecule has 1 unspecified atom stereocenters. The zero-order valence-corrected chi connectivity index (χ0v) is 19.5. The van der Waals surface area contributed by atoms with Crippen LogP contribution in [-0.2, 0) is 0 Å². The molecule has 168 valence electrons. The number of ether oxygens (including phenoxy) is 1. The molecular weight excluding hydrogens is 510 g/mol. The first-order valence-corrected chi connectivity index (χ1v) is 11.6. The molecule has 0 amide bonds. The molecule has 4 aromatic heterocycles. The lowest BCUT2D eigenvalue weighted by Crippen LogP contribution is -2.22. The van der Waals surface area contributed by atoms with Crippen molar-refractivity contribution in [2.75, 3.05) is 0 Å². The summed E-state index contributed by atoms with van der Waals surface area (Å²) in [5.74, 6) is 0.735. The summed E-state index contributed by atoms with van der Waals surface area (Å²) in [6.07, 6.45) is 3.25. The highest BCUT2D eigenvalue weighted by Crippen LogP contribution is 2.48. The molecule has 0 bridgehead atoms. The van der Waals surface area contributed by atoms with E-state index in [0.29, 0.717) is 50.9 Å². The third-order valence-electron chi connectivity index (χ3n) is 6.06. The Hall–Kier alpha value is -4.37. The van der Waals surface area contributed by atoms with Crippen molar-refractivity contribution < 1.29 is 9.15 Å². The van der Waals surface area contributed by atoms with E-state index in [1.54, 1.807) is 23.1 Å². The maximum atomic E-state index is 13.4. The van der Waals surface area contributed by atoms with E-state index >= 15 is 0 Å². The molecule has 5 heterocycles. The van der Waals surface area contributed by atoms with Gasteiger partial charge in [-0.25, -0.2) is 19.3 Å². The van der Waals surface area contributed by atoms with Crippen molar-refractivity contribution in [3.05, 3.63) is 111 Å². The number of hydrogen-bond acceptors (Lipinski definition) is 7. The van der Waals surface area contributed by atoms with Crippen LogP contribution in [0.25, 0.3) is 28.1 Å². The van der Waals surface area contributed by atoms with E-state index in [1.165, 1.54) is 0 Å². The van der Waals surface area contributed by atoms with Crippen LogP contribution in [0.2, 0.25) is 0 Å². The molecule has 8 nitrogen and oxygen atoms in total. The SMILES string of the molecule is O=c1oc2ccccc2c2c1C(c1ccc(Br)cc1)c1c(ncn3nc(-c4ccccn4)nc13)O2. The number of hydrogen-bond donors (Lipinski definition) is 0. The molecule has 1 aliphatic rings. The van der Waals surface area contributed by atoms with Gasteiger partial charge in [-0.2, -0.15) is 0 Å². The van der Waals surface area contributed by atoms with E-state index < -0.39 is 11.5 Å². The topological polar surface area (TPSA) is 95.4 Å². The Balaban J connectivity index is 1.56. The third-order valence-corrected chi connectivity index (χ3v) is 6.59. The van der Waals surface area contributed by atoms with Crippen LogP contribution in [0, 0.1) is 0 Å². The Morgan fingerprint density at radius 1 is 0.914 bits per heavy atom. The predicted molar refractivity (Wildman–Crippen MR) is 132 cm³/mol. The number of rotatable bonds is 2. The van der Waals surface area contributed by atoms with Crippen molar-refractivity contribution in [2.24, 2.45) is 0 Å². The van der Waals surface area contributed by atoms with Gasteiger partial charge >= 0.3 is 5.63 Å². The minimum absolute atomic E-state index is 0.369. The maximum Gasteiger partial charge on any atom is 0.344 e. The van der Waals surface area contributed by atoms with Crippen LogP contribution in [0.4, 0.5) is 0 Å². The fourth-order valence-corrected chi connectivity index (χ4v) is 4.79. The minimum atomic E-state index is -0.528. The van der Waals surface area contributed by atoms with Gasteiger partial charge < -0.3 is 9.15 Å². The molecule has 0 radical (unpaired) electrons. The lowest BCUT2D eigenvalue weighted by atomic mass is 9.84. The van der Waals surface area contributed by atoms with Crippen molar-refractivity contribution in [2.45, 2.75) is 5.92 Å². The number of nitrogens with zero attached hydrogens (tertiary/aromatic N) is 5. The lowest BCUT2D eigenvalue weighted by Gasteiger charge is -2.27. The summed E-state index contributed by atoms with van der Waals surface area (Å²) in [4.78, 5) is 27.1. The largest absolute Gasteiger partial charge is 0.437 e. The molecule has 9 heteroatoms. The lowest BCUT2D eigenvalue weighted by molar-refractivity contribution is 0.422. The Bertz CT molecular complexity index is 1810. The molecule has 35 heavy (non-hydrogen) atoms. The van der Waals surface area contributed by atoms with Crippen LogP contribution < -0.4 is 10.4 Å². The molecule has 1 aliphatic heterocycles. The molecule has 0 N–H and O–H groups in total. The van der Waals surface area contributed by atoms with Gasteiger partial charge in [-0.3, -0.25) is 4.98 Å². The Labute approximate surface area is 206 Å². The molecule has 0 fully saturated rings. The normalized spacial score (nSPS) is 14.5. The Morgan fingerprint density at radius 3 is 2.57 bits per heavy atom. The molecule has 0 saturated heterocycles. The first-order valence-electron chi connectivity index (χ1n) is 10.8. The van der Waals surface area contributed by atoms with Crippen LogP contribution in [-0.4, -0.2) is 24.6 Å². The van der Waals surface area contributed by atoms with Gasteiger partial charge in [-0.1, -0.05) is 46.3 Å². The first kappa shape index (κ1) is 20.0. The van der Waals surface area contributed by atoms with E-state index in [9.17, 15) is 4.79 Å². The number of fused-ring (bicyclic) bond motifs is 6. The van der Waals surface area contributed by atoms with Gasteiger partial charge in [0.2, 0.25) is 11.7 Å². The number of pyridine rings is 1. The highest BCUT2D eigenvalue weighted by Gasteiger charge is 2.37. The molecule has 7 rings (SSSR count). The summed E-state index contributed by atoms with van der Waals surface area (Å²) in [6, 6.07) is 20.7. The van der Waals surface area contributed by atoms with Crippen molar-refractivity contribution in [1.82, 2.24) is 24.6 Å². The van der Waals surface area contributed by atoms with E-state index in [2.05, 4.69) is 31.0 Å². The molecule has 0 saturated carbocycles. The zero-order valence-electron chi connectivity index (χ0n) is 17.9. The van der Waals surface area contributed by atoms with Crippen molar-refractivity contribution in [3.8, 4) is 23.1 Å². The second kappa shape index (κ2) is 7.57. The second-order valence-corrected chi connectivity index (χ2v) is 9.01. The molecular formula is C26H14BrN5O3. The van der Waals surface area contributed by atoms with Crippen LogP contribution in [0.3, 0.4) is 0 Å². The zero-order chi connectivity index (χ0) is 23.5. The summed E-state index contributed by atoms with van der Waals surface area (Å²) >= 11 is 3.50. The third kappa shape index (κ3) is 3.08. The van der Waals surface area contributed by atoms with Gasteiger partial charge in [0, 0.05) is 10.7 Å². The van der Waals surface area contributed by atoms with E-state index in [0.717, 1.165) is 10.0 Å². The summed E-state index contributed by atoms with van der Waals surface area (Å²) in [6.45, 7) is 0. The molecule has 1 atom stereocenters. The standard InChI is InChI=1S/C26H14BrN5O3/c27-15-10-8-14(9-11-15)19-20-22(16-5-1-2-7-18(16)34-26(20)33)35-25-21(19)24-30-23(31-32(24)13-29-25)17-6-3-4-12-28-17/h1-13,19H. The number of aromatic nitrogens is 5. The number of halogens is 1. The first-order chi connectivity index (χ1) is 17.2.